The van der Waals surface area contributed by atoms with E-state index in [9.17, 15) is 15.0 Å². The average molecular weight is 376 g/mol. The predicted molar refractivity (Wildman–Crippen MR) is 88.5 cm³/mol. The zero-order valence-corrected chi connectivity index (χ0v) is 15.6. The number of carbonyl (C=O) groups is 1. The third-order valence-corrected chi connectivity index (χ3v) is 9.10. The number of hydrogen-bond acceptors (Lipinski definition) is 7. The van der Waals surface area contributed by atoms with Crippen LogP contribution in [0.5, 0.6) is 0 Å². The lowest BCUT2D eigenvalue weighted by Crippen LogP contribution is -2.71. The number of ether oxygens (including phenoxy) is 4. The number of hydrogen-bond donors (Lipinski definition) is 2. The summed E-state index contributed by atoms with van der Waals surface area (Å²) in [6.45, 7) is 6.47. The summed E-state index contributed by atoms with van der Waals surface area (Å²) in [7, 11) is 0. The standard InChI is InChI=1S/C20H24O7/c1-7(2)18-13(25-18)14-20(27-14)17(3)5-4-8-9(6-24-15(8)22)10(17)11(21)12-19(20,26-12)16(18)23/h7,10-14,16,21,23H,4-6H2,1-3H3/t10-,11+,12+,13+,14+,16-,17+,18+,19-,20-/m1/s1. The van der Waals surface area contributed by atoms with Crippen LogP contribution in [0.2, 0.25) is 0 Å². The summed E-state index contributed by atoms with van der Waals surface area (Å²) in [6.07, 6.45) is -1.07. The average Bonchev–Trinajstić information content (AvgIpc) is 3.50. The van der Waals surface area contributed by atoms with E-state index in [4.69, 9.17) is 18.9 Å². The molecule has 2 saturated carbocycles. The van der Waals surface area contributed by atoms with Gasteiger partial charge in [0.2, 0.25) is 0 Å². The summed E-state index contributed by atoms with van der Waals surface area (Å²) < 4.78 is 24.0. The van der Waals surface area contributed by atoms with Gasteiger partial charge >= 0.3 is 5.97 Å². The molecule has 7 heteroatoms. The molecule has 0 aromatic carbocycles. The highest BCUT2D eigenvalue weighted by molar-refractivity contribution is 5.92. The molecule has 2 N–H and O–H groups in total. The van der Waals surface area contributed by atoms with E-state index in [2.05, 4.69) is 20.8 Å². The van der Waals surface area contributed by atoms with Gasteiger partial charge in [-0.05, 0) is 24.3 Å². The van der Waals surface area contributed by atoms with Crippen molar-refractivity contribution >= 4 is 5.97 Å². The molecular weight excluding hydrogens is 352 g/mol. The number of carbonyl (C=O) groups excluding carboxylic acids is 1. The molecule has 4 aliphatic heterocycles. The molecule has 27 heavy (non-hydrogen) atoms. The van der Waals surface area contributed by atoms with E-state index < -0.39 is 40.5 Å². The molecule has 7 aliphatic rings. The van der Waals surface area contributed by atoms with Crippen LogP contribution in [-0.2, 0) is 23.7 Å². The zero-order chi connectivity index (χ0) is 18.7. The van der Waals surface area contributed by atoms with Crippen LogP contribution in [0, 0.1) is 17.3 Å². The third kappa shape index (κ3) is 1.25. The van der Waals surface area contributed by atoms with Gasteiger partial charge in [-0.3, -0.25) is 0 Å². The monoisotopic (exact) mass is 376 g/mol. The Hall–Kier alpha value is -0.990. The minimum atomic E-state index is -0.916. The van der Waals surface area contributed by atoms with Gasteiger partial charge in [0.05, 0.1) is 6.10 Å². The molecule has 0 radical (unpaired) electrons. The highest BCUT2D eigenvalue weighted by Gasteiger charge is 3.01. The molecule has 10 atom stereocenters. The van der Waals surface area contributed by atoms with Gasteiger partial charge in [-0.25, -0.2) is 4.79 Å². The Balaban J connectivity index is 1.41. The van der Waals surface area contributed by atoms with E-state index in [0.717, 1.165) is 5.57 Å². The molecule has 0 amide bonds. The zero-order valence-electron chi connectivity index (χ0n) is 15.6. The fourth-order valence-corrected chi connectivity index (χ4v) is 7.79. The normalized spacial score (nSPS) is 64.0. The Kier molecular flexibility index (Phi) is 2.35. The minimum Gasteiger partial charge on any atom is -0.458 e. The molecule has 3 saturated heterocycles. The highest BCUT2D eigenvalue weighted by atomic mass is 16.7. The van der Waals surface area contributed by atoms with Crippen molar-refractivity contribution in [2.24, 2.45) is 17.3 Å². The second-order valence-electron chi connectivity index (χ2n) is 10.0. The van der Waals surface area contributed by atoms with Gasteiger partial charge in [0.1, 0.15) is 42.2 Å². The summed E-state index contributed by atoms with van der Waals surface area (Å²) in [5.41, 5.74) is -1.05. The van der Waals surface area contributed by atoms with Crippen LogP contribution in [-0.4, -0.2) is 70.1 Å². The van der Waals surface area contributed by atoms with Crippen molar-refractivity contribution in [2.75, 3.05) is 6.61 Å². The van der Waals surface area contributed by atoms with Crippen LogP contribution in [0.3, 0.4) is 0 Å². The van der Waals surface area contributed by atoms with E-state index in [1.54, 1.807) is 0 Å². The van der Waals surface area contributed by atoms with Crippen LogP contribution in [0.15, 0.2) is 11.1 Å². The lowest BCUT2D eigenvalue weighted by Gasteiger charge is -2.54. The molecule has 146 valence electrons. The van der Waals surface area contributed by atoms with E-state index in [0.29, 0.717) is 18.4 Å². The number of cyclic esters (lactones) is 1. The summed E-state index contributed by atoms with van der Waals surface area (Å²) in [6, 6.07) is 0. The van der Waals surface area contributed by atoms with Crippen molar-refractivity contribution < 1.29 is 34.0 Å². The van der Waals surface area contributed by atoms with Crippen molar-refractivity contribution in [3.63, 3.8) is 0 Å². The predicted octanol–water partition coefficient (Wildman–Crippen LogP) is 0.0739. The lowest BCUT2D eigenvalue weighted by molar-refractivity contribution is -0.136. The van der Waals surface area contributed by atoms with Gasteiger partial charge < -0.3 is 29.2 Å². The van der Waals surface area contributed by atoms with Crippen LogP contribution >= 0.6 is 0 Å². The summed E-state index contributed by atoms with van der Waals surface area (Å²) in [4.78, 5) is 12.1. The molecule has 3 aliphatic carbocycles. The Morgan fingerprint density at radius 3 is 2.63 bits per heavy atom. The number of epoxide rings is 3. The molecule has 0 unspecified atom stereocenters. The van der Waals surface area contributed by atoms with Gasteiger partial charge in [0, 0.05) is 16.9 Å². The Labute approximate surface area is 156 Å². The summed E-state index contributed by atoms with van der Waals surface area (Å²) in [5.74, 6) is -0.384. The van der Waals surface area contributed by atoms with Crippen LogP contribution in [0.25, 0.3) is 0 Å². The molecule has 5 fully saturated rings. The molecule has 0 bridgehead atoms. The van der Waals surface area contributed by atoms with Gasteiger partial charge in [0.25, 0.3) is 0 Å². The first-order chi connectivity index (χ1) is 12.8. The number of aliphatic hydroxyl groups excluding tert-OH is 2. The number of rotatable bonds is 1. The van der Waals surface area contributed by atoms with Crippen LogP contribution in [0.4, 0.5) is 0 Å². The fourth-order valence-electron chi connectivity index (χ4n) is 7.79. The molecule has 0 aromatic heterocycles. The van der Waals surface area contributed by atoms with E-state index in [1.165, 1.54) is 0 Å². The fraction of sp³-hybridized carbons (Fsp3) is 0.850. The highest BCUT2D eigenvalue weighted by Crippen LogP contribution is 2.82. The maximum atomic E-state index is 12.1. The molecular formula is C20H24O7. The van der Waals surface area contributed by atoms with Crippen molar-refractivity contribution in [2.45, 2.75) is 80.9 Å². The number of esters is 1. The number of fused-ring (bicyclic) bond motifs is 4. The number of aliphatic hydroxyl groups is 2. The van der Waals surface area contributed by atoms with Crippen molar-refractivity contribution in [1.29, 1.82) is 0 Å². The quantitative estimate of drug-likeness (QED) is 0.493. The Morgan fingerprint density at radius 2 is 1.89 bits per heavy atom. The SMILES string of the molecule is CC(C)[C@]12O[C@H]1[C@@H]1O[C@]13[C@]1(O[C@H]1[C@@H](O)[C@H]1C4=C(CC[C@@]13C)C(=O)OC4)[C@@H]2O. The summed E-state index contributed by atoms with van der Waals surface area (Å²) >= 11 is 0. The second-order valence-corrected chi connectivity index (χ2v) is 10.0. The second kappa shape index (κ2) is 4.00. The van der Waals surface area contributed by atoms with Crippen molar-refractivity contribution in [1.82, 2.24) is 0 Å². The van der Waals surface area contributed by atoms with Gasteiger partial charge in [-0.15, -0.1) is 0 Å². The maximum Gasteiger partial charge on any atom is 0.334 e. The Morgan fingerprint density at radius 1 is 1.11 bits per heavy atom. The van der Waals surface area contributed by atoms with Crippen molar-refractivity contribution in [3.05, 3.63) is 11.1 Å². The molecule has 7 nitrogen and oxygen atoms in total. The first kappa shape index (κ1) is 15.9. The molecule has 0 aromatic rings. The maximum absolute atomic E-state index is 12.1. The molecule has 4 heterocycles. The van der Waals surface area contributed by atoms with Crippen LogP contribution in [0.1, 0.15) is 33.6 Å². The topological polar surface area (TPSA) is 104 Å². The van der Waals surface area contributed by atoms with E-state index >= 15 is 0 Å². The van der Waals surface area contributed by atoms with Gasteiger partial charge in [-0.1, -0.05) is 20.8 Å². The summed E-state index contributed by atoms with van der Waals surface area (Å²) in [5, 5.41) is 22.7. The third-order valence-electron chi connectivity index (χ3n) is 9.10. The van der Waals surface area contributed by atoms with Crippen molar-refractivity contribution in [3.8, 4) is 0 Å². The smallest absolute Gasteiger partial charge is 0.334 e. The first-order valence-corrected chi connectivity index (χ1v) is 10.1. The lowest BCUT2D eigenvalue weighted by atomic mass is 9.46. The molecule has 2 spiro atoms. The van der Waals surface area contributed by atoms with E-state index in [-0.39, 0.29) is 36.6 Å². The van der Waals surface area contributed by atoms with E-state index in [1.807, 2.05) is 0 Å². The first-order valence-electron chi connectivity index (χ1n) is 10.1. The van der Waals surface area contributed by atoms with Crippen LogP contribution < -0.4 is 0 Å². The molecule has 7 rings (SSSR count). The van der Waals surface area contributed by atoms with Gasteiger partial charge in [0.15, 0.2) is 5.60 Å². The Bertz CT molecular complexity index is 851. The van der Waals surface area contributed by atoms with Gasteiger partial charge in [-0.2, -0.15) is 0 Å². The largest absolute Gasteiger partial charge is 0.458 e. The minimum absolute atomic E-state index is 0.128.